The molecule has 1 aliphatic rings. The lowest BCUT2D eigenvalue weighted by atomic mass is 10.2. The van der Waals surface area contributed by atoms with E-state index in [2.05, 4.69) is 15.5 Å². The summed E-state index contributed by atoms with van der Waals surface area (Å²) >= 11 is 2.68. The molecule has 164 valence electrons. The van der Waals surface area contributed by atoms with Crippen molar-refractivity contribution in [3.63, 3.8) is 0 Å². The number of nitrogens with one attached hydrogen (secondary N) is 1. The summed E-state index contributed by atoms with van der Waals surface area (Å²) in [6, 6.07) is 8.46. The van der Waals surface area contributed by atoms with Gasteiger partial charge >= 0.3 is 6.18 Å². The van der Waals surface area contributed by atoms with Crippen LogP contribution in [-0.2, 0) is 17.5 Å². The van der Waals surface area contributed by atoms with Crippen LogP contribution in [-0.4, -0.2) is 39.1 Å². The number of ether oxygens (including phenoxy) is 1. The number of amides is 1. The molecule has 2 aromatic heterocycles. The monoisotopic (exact) mass is 468 g/mol. The van der Waals surface area contributed by atoms with E-state index in [1.54, 1.807) is 28.1 Å². The summed E-state index contributed by atoms with van der Waals surface area (Å²) in [5, 5.41) is 13.3. The van der Waals surface area contributed by atoms with Crippen molar-refractivity contribution in [3.05, 3.63) is 58.0 Å². The summed E-state index contributed by atoms with van der Waals surface area (Å²) in [7, 11) is 0. The van der Waals surface area contributed by atoms with Gasteiger partial charge in [-0.25, -0.2) is 0 Å². The largest absolute Gasteiger partial charge is 0.416 e. The molecule has 0 aliphatic carbocycles. The smallest absolute Gasteiger partial charge is 0.377 e. The van der Waals surface area contributed by atoms with E-state index in [-0.39, 0.29) is 24.2 Å². The summed E-state index contributed by atoms with van der Waals surface area (Å²) in [5.41, 5.74) is -0.475. The maximum Gasteiger partial charge on any atom is 0.416 e. The second-order valence-corrected chi connectivity index (χ2v) is 8.82. The van der Waals surface area contributed by atoms with Gasteiger partial charge in [0.2, 0.25) is 0 Å². The highest BCUT2D eigenvalue weighted by atomic mass is 32.2. The van der Waals surface area contributed by atoms with Crippen LogP contribution in [0.2, 0.25) is 0 Å². The maximum atomic E-state index is 13.3. The Morgan fingerprint density at radius 2 is 2.16 bits per heavy atom. The average molecular weight is 469 g/mol. The van der Waals surface area contributed by atoms with Crippen molar-refractivity contribution in [2.45, 2.75) is 36.8 Å². The van der Waals surface area contributed by atoms with Crippen molar-refractivity contribution in [2.24, 2.45) is 0 Å². The first-order chi connectivity index (χ1) is 14.9. The van der Waals surface area contributed by atoms with Crippen molar-refractivity contribution in [2.75, 3.05) is 12.4 Å². The molecule has 6 nitrogen and oxygen atoms in total. The molecule has 4 rings (SSSR count). The van der Waals surface area contributed by atoms with Crippen LogP contribution in [0.4, 0.5) is 13.2 Å². The number of nitrogens with zero attached hydrogens (tertiary/aromatic N) is 3. The van der Waals surface area contributed by atoms with Crippen LogP contribution in [0.25, 0.3) is 5.69 Å². The van der Waals surface area contributed by atoms with Gasteiger partial charge in [-0.1, -0.05) is 23.9 Å². The normalized spacial score (nSPS) is 16.5. The number of halogens is 3. The van der Waals surface area contributed by atoms with Crippen LogP contribution < -0.4 is 5.32 Å². The molecule has 11 heteroatoms. The second-order valence-electron chi connectivity index (χ2n) is 6.89. The minimum absolute atomic E-state index is 0.0282. The van der Waals surface area contributed by atoms with Crippen LogP contribution in [0.3, 0.4) is 0 Å². The highest BCUT2D eigenvalue weighted by molar-refractivity contribution is 7.99. The van der Waals surface area contributed by atoms with E-state index in [1.165, 1.54) is 29.2 Å². The van der Waals surface area contributed by atoms with E-state index >= 15 is 0 Å². The first kappa shape index (κ1) is 21.8. The van der Waals surface area contributed by atoms with Gasteiger partial charge in [0.05, 0.1) is 28.8 Å². The minimum atomic E-state index is -4.47. The zero-order valence-corrected chi connectivity index (χ0v) is 17.9. The van der Waals surface area contributed by atoms with Crippen LogP contribution >= 0.6 is 23.1 Å². The molecule has 3 heterocycles. The van der Waals surface area contributed by atoms with E-state index in [9.17, 15) is 18.0 Å². The third kappa shape index (κ3) is 5.28. The Morgan fingerprint density at radius 1 is 1.29 bits per heavy atom. The number of rotatable bonds is 7. The number of alkyl halides is 3. The molecule has 1 aromatic carbocycles. The van der Waals surface area contributed by atoms with E-state index in [0.29, 0.717) is 28.2 Å². The quantitative estimate of drug-likeness (QED) is 0.516. The predicted octanol–water partition coefficient (Wildman–Crippen LogP) is 4.55. The molecule has 1 saturated heterocycles. The van der Waals surface area contributed by atoms with Gasteiger partial charge in [-0.3, -0.25) is 9.36 Å². The summed E-state index contributed by atoms with van der Waals surface area (Å²) in [6.45, 7) is 0.742. The molecule has 1 unspecified atom stereocenters. The van der Waals surface area contributed by atoms with Crippen LogP contribution in [0.1, 0.15) is 33.9 Å². The number of thiophene rings is 1. The van der Waals surface area contributed by atoms with Gasteiger partial charge < -0.3 is 10.1 Å². The molecule has 0 radical (unpaired) electrons. The van der Waals surface area contributed by atoms with E-state index in [4.69, 9.17) is 4.74 Å². The molecule has 1 fully saturated rings. The Morgan fingerprint density at radius 3 is 2.87 bits per heavy atom. The number of carbonyl (C=O) groups is 1. The predicted molar refractivity (Wildman–Crippen MR) is 112 cm³/mol. The fraction of sp³-hybridized carbons (Fsp3) is 0.350. The average Bonchev–Trinajstić information content (AvgIpc) is 3.52. The molecule has 0 spiro atoms. The molecule has 3 aromatic rings. The lowest BCUT2D eigenvalue weighted by Gasteiger charge is -2.14. The lowest BCUT2D eigenvalue weighted by molar-refractivity contribution is -0.137. The van der Waals surface area contributed by atoms with Gasteiger partial charge in [0.15, 0.2) is 11.0 Å². The Kier molecular flexibility index (Phi) is 6.63. The first-order valence-electron chi connectivity index (χ1n) is 9.60. The summed E-state index contributed by atoms with van der Waals surface area (Å²) in [4.78, 5) is 12.8. The highest BCUT2D eigenvalue weighted by Gasteiger charge is 2.31. The number of carbonyl (C=O) groups excluding carboxylic acids is 1. The van der Waals surface area contributed by atoms with Crippen molar-refractivity contribution < 1.29 is 22.7 Å². The zero-order valence-electron chi connectivity index (χ0n) is 16.3. The number of hydrogen-bond acceptors (Lipinski definition) is 6. The van der Waals surface area contributed by atoms with Gasteiger partial charge in [-0.05, 0) is 42.5 Å². The van der Waals surface area contributed by atoms with E-state index in [1.807, 2.05) is 0 Å². The van der Waals surface area contributed by atoms with Crippen molar-refractivity contribution in [3.8, 4) is 5.69 Å². The molecule has 1 atom stereocenters. The molecule has 0 bridgehead atoms. The molecular formula is C20H19F3N4O2S2. The highest BCUT2D eigenvalue weighted by Crippen LogP contribution is 2.32. The fourth-order valence-electron chi connectivity index (χ4n) is 3.19. The van der Waals surface area contributed by atoms with Gasteiger partial charge in [-0.2, -0.15) is 13.2 Å². The van der Waals surface area contributed by atoms with Gasteiger partial charge in [0.1, 0.15) is 0 Å². The van der Waals surface area contributed by atoms with Crippen LogP contribution in [0.15, 0.2) is 46.9 Å². The Hall–Kier alpha value is -2.37. The summed E-state index contributed by atoms with van der Waals surface area (Å²) < 4.78 is 47.0. The third-order valence-corrected chi connectivity index (χ3v) is 6.64. The van der Waals surface area contributed by atoms with Crippen LogP contribution in [0, 0.1) is 0 Å². The minimum Gasteiger partial charge on any atom is -0.377 e. The standard InChI is InChI=1S/C20H19F3N4O2S2/c21-20(22,23)13-4-1-5-14(10-13)27-17(11-24-18(28)16-7-3-9-30-16)25-26-19(27)31-12-15-6-2-8-29-15/h1,3-5,7,9-10,15H,2,6,8,11-12H2,(H,24,28). The zero-order chi connectivity index (χ0) is 21.8. The van der Waals surface area contributed by atoms with Crippen LogP contribution in [0.5, 0.6) is 0 Å². The Balaban J connectivity index is 1.60. The fourth-order valence-corrected chi connectivity index (χ4v) is 4.86. The van der Waals surface area contributed by atoms with Gasteiger partial charge in [-0.15, -0.1) is 21.5 Å². The number of hydrogen-bond donors (Lipinski definition) is 1. The molecule has 31 heavy (non-hydrogen) atoms. The van der Waals surface area contributed by atoms with Crippen molar-refractivity contribution in [1.82, 2.24) is 20.1 Å². The Labute approximate surface area is 184 Å². The lowest BCUT2D eigenvalue weighted by Crippen LogP contribution is -2.24. The second kappa shape index (κ2) is 9.41. The SMILES string of the molecule is O=C(NCc1nnc(SCC2CCCO2)n1-c1cccc(C(F)(F)F)c1)c1cccs1. The Bertz CT molecular complexity index is 1030. The van der Waals surface area contributed by atoms with Crippen molar-refractivity contribution >= 4 is 29.0 Å². The molecule has 0 saturated carbocycles. The summed E-state index contributed by atoms with van der Waals surface area (Å²) in [6.07, 6.45) is -2.46. The first-order valence-corrected chi connectivity index (χ1v) is 11.5. The molecule has 1 aliphatic heterocycles. The van der Waals surface area contributed by atoms with Gasteiger partial charge in [0, 0.05) is 12.4 Å². The number of benzene rings is 1. The van der Waals surface area contributed by atoms with Gasteiger partial charge in [0.25, 0.3) is 5.91 Å². The molecule has 1 amide bonds. The maximum absolute atomic E-state index is 13.3. The number of aromatic nitrogens is 3. The van der Waals surface area contributed by atoms with E-state index in [0.717, 1.165) is 25.0 Å². The van der Waals surface area contributed by atoms with E-state index < -0.39 is 11.7 Å². The number of thioether (sulfide) groups is 1. The van der Waals surface area contributed by atoms with Crippen molar-refractivity contribution in [1.29, 1.82) is 0 Å². The topological polar surface area (TPSA) is 69.0 Å². The molecular weight excluding hydrogens is 449 g/mol. The third-order valence-electron chi connectivity index (χ3n) is 4.71. The summed E-state index contributed by atoms with van der Waals surface area (Å²) in [5.74, 6) is 0.694. The molecule has 1 N–H and O–H groups in total.